The van der Waals surface area contributed by atoms with Gasteiger partial charge in [-0.2, -0.15) is 35.4 Å². The molecule has 0 saturated heterocycles. The van der Waals surface area contributed by atoms with Crippen molar-refractivity contribution in [2.24, 2.45) is 0 Å². The summed E-state index contributed by atoms with van der Waals surface area (Å²) in [7, 11) is 0. The van der Waals surface area contributed by atoms with Crippen molar-refractivity contribution in [3.8, 4) is 23.1 Å². The van der Waals surface area contributed by atoms with Gasteiger partial charge in [-0.1, -0.05) is 71.1 Å². The van der Waals surface area contributed by atoms with Crippen LogP contribution in [0.4, 0.5) is 0 Å². The van der Waals surface area contributed by atoms with Gasteiger partial charge < -0.3 is 0 Å². The van der Waals surface area contributed by atoms with E-state index in [-0.39, 0.29) is 17.1 Å². The second kappa shape index (κ2) is 11.5. The van der Waals surface area contributed by atoms with Crippen molar-refractivity contribution in [2.45, 2.75) is 6.54 Å². The molecule has 0 aliphatic carbocycles. The fourth-order valence-corrected chi connectivity index (χ4v) is 3.00. The van der Waals surface area contributed by atoms with Crippen molar-refractivity contribution < 1.29 is 17.1 Å². The van der Waals surface area contributed by atoms with Gasteiger partial charge in [0.1, 0.15) is 0 Å². The number of hydrogen-bond donors (Lipinski definition) is 0. The second-order valence-electron chi connectivity index (χ2n) is 6.68. The molecule has 0 fully saturated rings. The van der Waals surface area contributed by atoms with E-state index >= 15 is 0 Å². The van der Waals surface area contributed by atoms with Crippen LogP contribution in [0.1, 0.15) is 16.8 Å². The molecule has 1 heterocycles. The van der Waals surface area contributed by atoms with Crippen molar-refractivity contribution in [3.05, 3.63) is 132 Å². The Hall–Kier alpha value is -3.64. The van der Waals surface area contributed by atoms with Gasteiger partial charge in [-0.3, -0.25) is 4.68 Å². The zero-order chi connectivity index (χ0) is 20.4. The van der Waals surface area contributed by atoms with Crippen LogP contribution in [-0.4, -0.2) is 15.0 Å². The summed E-state index contributed by atoms with van der Waals surface area (Å²) < 4.78 is 1.87. The minimum atomic E-state index is 0. The molecule has 0 amide bonds. The molecule has 1 aromatic heterocycles. The third kappa shape index (κ3) is 6.17. The van der Waals surface area contributed by atoms with E-state index in [1.54, 1.807) is 0 Å². The Morgan fingerprint density at radius 3 is 2.03 bits per heavy atom. The molecule has 4 aromatic carbocycles. The molecule has 0 spiro atoms. The van der Waals surface area contributed by atoms with Gasteiger partial charge in [0, 0.05) is 11.3 Å². The van der Waals surface area contributed by atoms with Crippen molar-refractivity contribution >= 4 is 0 Å². The number of aromatic nitrogens is 3. The molecular formula is C27H21FeN3. The molecule has 5 rings (SSSR count). The molecule has 152 valence electrons. The first kappa shape index (κ1) is 22.1. The van der Waals surface area contributed by atoms with Crippen molar-refractivity contribution in [2.75, 3.05) is 0 Å². The Morgan fingerprint density at radius 2 is 1.42 bits per heavy atom. The van der Waals surface area contributed by atoms with E-state index in [9.17, 15) is 0 Å². The molecule has 0 N–H and O–H groups in total. The van der Waals surface area contributed by atoms with Crippen LogP contribution in [-0.2, 0) is 23.6 Å². The molecule has 0 atom stereocenters. The van der Waals surface area contributed by atoms with Crippen molar-refractivity contribution in [1.82, 2.24) is 15.0 Å². The summed E-state index contributed by atoms with van der Waals surface area (Å²) >= 11 is 0. The van der Waals surface area contributed by atoms with E-state index in [2.05, 4.69) is 34.3 Å². The number of rotatable bonds is 3. The molecule has 5 aromatic rings. The summed E-state index contributed by atoms with van der Waals surface area (Å²) in [5, 5.41) is 8.72. The largest absolute Gasteiger partial charge is 2.00 e. The van der Waals surface area contributed by atoms with E-state index < -0.39 is 0 Å². The average molecular weight is 443 g/mol. The van der Waals surface area contributed by atoms with Crippen molar-refractivity contribution in [3.63, 3.8) is 0 Å². The Morgan fingerprint density at radius 1 is 0.774 bits per heavy atom. The molecule has 0 saturated carbocycles. The third-order valence-electron chi connectivity index (χ3n) is 4.50. The Labute approximate surface area is 193 Å². The van der Waals surface area contributed by atoms with Gasteiger partial charge in [0.05, 0.1) is 12.2 Å². The van der Waals surface area contributed by atoms with Crippen LogP contribution in [0.15, 0.2) is 115 Å². The Bertz CT molecular complexity index is 1180. The van der Waals surface area contributed by atoms with Gasteiger partial charge in [-0.05, 0) is 17.7 Å². The van der Waals surface area contributed by atoms with E-state index in [0.29, 0.717) is 6.54 Å². The van der Waals surface area contributed by atoms with Gasteiger partial charge in [0.25, 0.3) is 0 Å². The summed E-state index contributed by atoms with van der Waals surface area (Å²) in [5.41, 5.74) is 4.84. The molecular weight excluding hydrogens is 422 g/mol. The van der Waals surface area contributed by atoms with Crippen LogP contribution in [0.2, 0.25) is 0 Å². The van der Waals surface area contributed by atoms with E-state index in [1.165, 1.54) is 5.56 Å². The quantitative estimate of drug-likeness (QED) is 0.209. The zero-order valence-corrected chi connectivity index (χ0v) is 18.0. The molecule has 0 aliphatic rings. The van der Waals surface area contributed by atoms with Gasteiger partial charge in [-0.25, -0.2) is 12.1 Å². The second-order valence-corrected chi connectivity index (χ2v) is 6.68. The topological polar surface area (TPSA) is 30.7 Å². The molecule has 0 radical (unpaired) electrons. The van der Waals surface area contributed by atoms with Gasteiger partial charge >= 0.3 is 17.1 Å². The minimum Gasteiger partial charge on any atom is -0.271 e. The average Bonchev–Trinajstić information content (AvgIpc) is 3.57. The van der Waals surface area contributed by atoms with E-state index in [4.69, 9.17) is 0 Å². The maximum absolute atomic E-state index is 4.38. The molecule has 31 heavy (non-hydrogen) atoms. The normalized spacial score (nSPS) is 9.55. The molecule has 3 nitrogen and oxygen atoms in total. The van der Waals surface area contributed by atoms with Gasteiger partial charge in [-0.15, -0.1) is 12.1 Å². The van der Waals surface area contributed by atoms with E-state index in [0.717, 1.165) is 22.5 Å². The maximum atomic E-state index is 4.38. The first-order chi connectivity index (χ1) is 14.9. The fraction of sp³-hybridized carbons (Fsp3) is 0.0370. The van der Waals surface area contributed by atoms with Crippen LogP contribution in [0, 0.1) is 11.8 Å². The zero-order valence-electron chi connectivity index (χ0n) is 16.9. The predicted octanol–water partition coefficient (Wildman–Crippen LogP) is 5.52. The van der Waals surface area contributed by atoms with Crippen LogP contribution < -0.4 is 0 Å². The summed E-state index contributed by atoms with van der Waals surface area (Å²) in [4.78, 5) is 0. The maximum Gasteiger partial charge on any atom is 2.00 e. The summed E-state index contributed by atoms with van der Waals surface area (Å²) in [6.45, 7) is 0.646. The van der Waals surface area contributed by atoms with Crippen LogP contribution in [0.3, 0.4) is 0 Å². The first-order valence-corrected chi connectivity index (χ1v) is 9.83. The Balaban J connectivity index is 0.000000401. The van der Waals surface area contributed by atoms with Gasteiger partial charge in [0.2, 0.25) is 0 Å². The summed E-state index contributed by atoms with van der Waals surface area (Å²) in [6.07, 6.45) is 0. The molecule has 4 heteroatoms. The number of benzene rings is 2. The SMILES string of the molecule is C(#Cc1c(-[c-]2cccc2)nnn1Cc1ccccc1)c1ccccc1.[Fe+2].c1cc[cH-]c1. The monoisotopic (exact) mass is 443 g/mol. The number of nitrogens with zero attached hydrogens (tertiary/aromatic N) is 3. The van der Waals surface area contributed by atoms with E-state index in [1.807, 2.05) is 108 Å². The van der Waals surface area contributed by atoms with Crippen molar-refractivity contribution in [1.29, 1.82) is 0 Å². The molecule has 0 bridgehead atoms. The third-order valence-corrected chi connectivity index (χ3v) is 4.50. The smallest absolute Gasteiger partial charge is 0.271 e. The molecule has 0 unspecified atom stereocenters. The Kier molecular flexibility index (Phi) is 8.20. The first-order valence-electron chi connectivity index (χ1n) is 9.83. The predicted molar refractivity (Wildman–Crippen MR) is 121 cm³/mol. The summed E-state index contributed by atoms with van der Waals surface area (Å²) in [6, 6.07) is 38.3. The van der Waals surface area contributed by atoms with Gasteiger partial charge in [0.15, 0.2) is 0 Å². The van der Waals surface area contributed by atoms with Crippen LogP contribution in [0.5, 0.6) is 0 Å². The minimum absolute atomic E-state index is 0. The van der Waals surface area contributed by atoms with Crippen LogP contribution >= 0.6 is 0 Å². The van der Waals surface area contributed by atoms with Crippen LogP contribution in [0.25, 0.3) is 11.3 Å². The standard InChI is InChI=1S/C22H16N3.C5H5.Fe/c1-3-9-18(10-4-1)15-16-21-22(20-13-7-8-14-20)23-24-25(21)17-19-11-5-2-6-12-19;1-2-4-5-3-1;/h1-14H,17H2;1-5H;/q2*-1;+2. The number of hydrogen-bond acceptors (Lipinski definition) is 2. The molecule has 0 aliphatic heterocycles. The summed E-state index contributed by atoms with van der Waals surface area (Å²) in [5.74, 6) is 6.50. The fourth-order valence-electron chi connectivity index (χ4n) is 3.00.